The summed E-state index contributed by atoms with van der Waals surface area (Å²) in [4.78, 5) is 22.7. The lowest BCUT2D eigenvalue weighted by Crippen LogP contribution is -2.55. The van der Waals surface area contributed by atoms with Gasteiger partial charge in [-0.25, -0.2) is 4.98 Å². The Kier molecular flexibility index (Phi) is 6.11. The van der Waals surface area contributed by atoms with Gasteiger partial charge in [0.15, 0.2) is 10.8 Å². The zero-order valence-electron chi connectivity index (χ0n) is 21.3. The molecule has 3 fully saturated rings. The van der Waals surface area contributed by atoms with Crippen LogP contribution in [0.15, 0.2) is 36.7 Å². The maximum absolute atomic E-state index is 13.7. The highest BCUT2D eigenvalue weighted by Crippen LogP contribution is 2.48. The number of hydrogen-bond donors (Lipinski definition) is 0. The predicted octanol–water partition coefficient (Wildman–Crippen LogP) is 4.72. The lowest BCUT2D eigenvalue weighted by Gasteiger charge is -2.43. The number of likely N-dealkylation sites (tertiary alicyclic amines) is 1. The van der Waals surface area contributed by atoms with E-state index in [-0.39, 0.29) is 16.7 Å². The number of amides is 1. The summed E-state index contributed by atoms with van der Waals surface area (Å²) < 4.78 is 42.9. The molecule has 0 N–H and O–H groups in total. The predicted molar refractivity (Wildman–Crippen MR) is 143 cm³/mol. The smallest absolute Gasteiger partial charge is 0.306 e. The van der Waals surface area contributed by atoms with E-state index >= 15 is 0 Å². The number of carbonyl (C=O) groups excluding carboxylic acids is 1. The number of piperidine rings is 1. The maximum Gasteiger partial charge on any atom is 0.419 e. The average Bonchev–Trinajstić information content (AvgIpc) is 3.39. The second-order valence-corrected chi connectivity index (χ2v) is 11.0. The third kappa shape index (κ3) is 4.15. The quantitative estimate of drug-likeness (QED) is 0.433. The molecule has 3 aromatic rings. The largest absolute Gasteiger partial charge is 0.419 e. The number of rotatable bonds is 4. The van der Waals surface area contributed by atoms with Crippen LogP contribution in [0, 0.1) is 17.2 Å². The molecule has 1 amide bonds. The van der Waals surface area contributed by atoms with E-state index in [9.17, 15) is 18.0 Å². The normalized spacial score (nSPS) is 20.2. The summed E-state index contributed by atoms with van der Waals surface area (Å²) in [5.74, 6) is 0.179. The van der Waals surface area contributed by atoms with Crippen molar-refractivity contribution in [3.05, 3.63) is 47.9 Å². The molecule has 1 spiro atoms. The number of benzene rings is 1. The van der Waals surface area contributed by atoms with Gasteiger partial charge in [-0.2, -0.15) is 23.5 Å². The molecule has 12 heteroatoms. The highest BCUT2D eigenvalue weighted by Gasteiger charge is 2.59. The Labute approximate surface area is 228 Å². The first-order chi connectivity index (χ1) is 18.6. The zero-order chi connectivity index (χ0) is 27.5. The molecule has 0 bridgehead atoms. The highest BCUT2D eigenvalue weighted by atomic mass is 32.1. The Balaban J connectivity index is 1.34. The summed E-state index contributed by atoms with van der Waals surface area (Å²) in [6.07, 6.45) is 2.22. The van der Waals surface area contributed by atoms with Crippen molar-refractivity contribution < 1.29 is 18.0 Å². The number of anilines is 2. The van der Waals surface area contributed by atoms with Crippen molar-refractivity contribution in [1.82, 2.24) is 19.7 Å². The van der Waals surface area contributed by atoms with Crippen molar-refractivity contribution in [3.63, 3.8) is 0 Å². The molecule has 1 aliphatic carbocycles. The first kappa shape index (κ1) is 25.7. The van der Waals surface area contributed by atoms with Crippen molar-refractivity contribution in [2.45, 2.75) is 50.4 Å². The Morgan fingerprint density at radius 3 is 2.54 bits per heavy atom. The summed E-state index contributed by atoms with van der Waals surface area (Å²) in [6, 6.07) is 8.06. The van der Waals surface area contributed by atoms with Gasteiger partial charge in [0.25, 0.3) is 5.91 Å². The molecule has 1 saturated carbocycles. The summed E-state index contributed by atoms with van der Waals surface area (Å²) in [5.41, 5.74) is -1.32. The van der Waals surface area contributed by atoms with Crippen LogP contribution in [0.4, 0.5) is 24.5 Å². The van der Waals surface area contributed by atoms with Crippen LogP contribution in [-0.2, 0) is 17.5 Å². The Morgan fingerprint density at radius 2 is 1.90 bits per heavy atom. The average molecular weight is 554 g/mol. The number of thiocarbonyl (C=S) groups is 1. The number of halogens is 3. The van der Waals surface area contributed by atoms with Gasteiger partial charge in [0.05, 0.1) is 29.2 Å². The molecular weight excluding hydrogens is 527 g/mol. The van der Waals surface area contributed by atoms with Gasteiger partial charge in [0.2, 0.25) is 0 Å². The molecule has 4 heterocycles. The highest BCUT2D eigenvalue weighted by molar-refractivity contribution is 7.81. The van der Waals surface area contributed by atoms with Crippen molar-refractivity contribution in [2.24, 2.45) is 5.92 Å². The maximum atomic E-state index is 13.7. The minimum atomic E-state index is -4.80. The summed E-state index contributed by atoms with van der Waals surface area (Å²) in [6.45, 7) is 2.99. The molecule has 0 unspecified atom stereocenters. The van der Waals surface area contributed by atoms with E-state index in [1.807, 2.05) is 22.9 Å². The van der Waals surface area contributed by atoms with Gasteiger partial charge < -0.3 is 9.80 Å². The van der Waals surface area contributed by atoms with Gasteiger partial charge in [-0.1, -0.05) is 0 Å². The van der Waals surface area contributed by atoms with Gasteiger partial charge in [0.1, 0.15) is 11.6 Å². The van der Waals surface area contributed by atoms with Gasteiger partial charge in [0, 0.05) is 17.6 Å². The van der Waals surface area contributed by atoms with E-state index in [1.165, 1.54) is 6.07 Å². The molecule has 6 rings (SSSR count). The van der Waals surface area contributed by atoms with Crippen LogP contribution >= 0.6 is 12.2 Å². The monoisotopic (exact) mass is 553 g/mol. The standard InChI is InChI=1S/C27H26F3N7OS/c1-34-9-5-17(6-10-34)16-35-23-4-3-19(11-18(23)14-33-35)37-25(39)36(24(38)26(37)7-2-8-26)20-12-21(27(28,29)30)22(13-31)32-15-20/h3-4,11-12,14-15,17H,2,5-10,16H2,1H3. The van der Waals surface area contributed by atoms with E-state index in [2.05, 4.69) is 22.0 Å². The van der Waals surface area contributed by atoms with Crippen molar-refractivity contribution in [1.29, 1.82) is 5.26 Å². The number of hydrogen-bond acceptors (Lipinski definition) is 6. The van der Waals surface area contributed by atoms with Crippen molar-refractivity contribution in [3.8, 4) is 6.07 Å². The molecular formula is C27H26F3N7OS. The fourth-order valence-electron chi connectivity index (χ4n) is 5.94. The summed E-state index contributed by atoms with van der Waals surface area (Å²) in [5, 5.41) is 14.7. The molecule has 2 aliphatic heterocycles. The minimum absolute atomic E-state index is 0.0948. The summed E-state index contributed by atoms with van der Waals surface area (Å²) >= 11 is 5.73. The molecule has 202 valence electrons. The number of aromatic nitrogens is 3. The van der Waals surface area contributed by atoms with Crippen LogP contribution in [0.2, 0.25) is 0 Å². The van der Waals surface area contributed by atoms with E-state index in [4.69, 9.17) is 17.5 Å². The lowest BCUT2D eigenvalue weighted by atomic mass is 9.75. The molecule has 1 aromatic carbocycles. The first-order valence-corrected chi connectivity index (χ1v) is 13.3. The first-order valence-electron chi connectivity index (χ1n) is 12.9. The van der Waals surface area contributed by atoms with E-state index < -0.39 is 23.0 Å². The van der Waals surface area contributed by atoms with E-state index in [0.29, 0.717) is 24.4 Å². The van der Waals surface area contributed by atoms with Crippen LogP contribution in [0.25, 0.3) is 10.9 Å². The van der Waals surface area contributed by atoms with Crippen molar-refractivity contribution >= 4 is 45.5 Å². The van der Waals surface area contributed by atoms with E-state index in [0.717, 1.165) is 67.0 Å². The molecule has 3 aliphatic rings. The molecule has 8 nitrogen and oxygen atoms in total. The third-order valence-electron chi connectivity index (χ3n) is 8.29. The Hall–Kier alpha value is -3.56. The second kappa shape index (κ2) is 9.27. The van der Waals surface area contributed by atoms with Crippen molar-refractivity contribution in [2.75, 3.05) is 29.9 Å². The summed E-state index contributed by atoms with van der Waals surface area (Å²) in [7, 11) is 2.14. The van der Waals surface area contributed by atoms with Gasteiger partial charge in [-0.15, -0.1) is 0 Å². The van der Waals surface area contributed by atoms with Crippen LogP contribution in [-0.4, -0.2) is 56.4 Å². The minimum Gasteiger partial charge on any atom is -0.306 e. The number of nitriles is 1. The number of nitrogens with zero attached hydrogens (tertiary/aromatic N) is 7. The van der Waals surface area contributed by atoms with Crippen LogP contribution < -0.4 is 9.80 Å². The molecule has 39 heavy (non-hydrogen) atoms. The topological polar surface area (TPSA) is 81.3 Å². The van der Waals surface area contributed by atoms with Crippen LogP contribution in [0.1, 0.15) is 43.4 Å². The number of fused-ring (bicyclic) bond motifs is 1. The molecule has 2 aromatic heterocycles. The molecule has 0 radical (unpaired) electrons. The number of pyridine rings is 1. The molecule has 2 saturated heterocycles. The number of carbonyl (C=O) groups is 1. The van der Waals surface area contributed by atoms with Crippen LogP contribution in [0.5, 0.6) is 0 Å². The van der Waals surface area contributed by atoms with Crippen LogP contribution in [0.3, 0.4) is 0 Å². The lowest BCUT2D eigenvalue weighted by molar-refractivity contribution is -0.138. The second-order valence-electron chi connectivity index (χ2n) is 10.7. The fraction of sp³-hybridized carbons (Fsp3) is 0.444. The van der Waals surface area contributed by atoms with Gasteiger partial charge in [-0.05, 0) is 94.6 Å². The van der Waals surface area contributed by atoms with E-state index in [1.54, 1.807) is 11.1 Å². The number of alkyl halides is 3. The SMILES string of the molecule is CN1CCC(Cn2ncc3cc(N4C(=S)N(c5cnc(C#N)c(C(F)(F)F)c5)C(=O)C45CCC5)ccc32)CC1. The fourth-order valence-corrected chi connectivity index (χ4v) is 6.41. The van der Waals surface area contributed by atoms with Gasteiger partial charge >= 0.3 is 6.18 Å². The van der Waals surface area contributed by atoms with Gasteiger partial charge in [-0.3, -0.25) is 14.4 Å². The molecule has 0 atom stereocenters. The zero-order valence-corrected chi connectivity index (χ0v) is 22.1. The third-order valence-corrected chi connectivity index (χ3v) is 8.65. The Morgan fingerprint density at radius 1 is 1.15 bits per heavy atom. The Bertz CT molecular complexity index is 1520.